The molecule has 0 bridgehead atoms. The fourth-order valence-electron chi connectivity index (χ4n) is 1.97. The molecule has 0 heterocycles. The normalized spacial score (nSPS) is 30.2. The summed E-state index contributed by atoms with van der Waals surface area (Å²) < 4.78 is 0. The zero-order valence-electron chi connectivity index (χ0n) is 8.95. The highest BCUT2D eigenvalue weighted by Crippen LogP contribution is 2.26. The SMILES string of the molecule is CN=C(N)N(C)C1CCC(C)CC1. The minimum absolute atomic E-state index is 0.611. The Morgan fingerprint density at radius 2 is 1.85 bits per heavy atom. The summed E-state index contributed by atoms with van der Waals surface area (Å²) in [5.74, 6) is 1.56. The van der Waals surface area contributed by atoms with E-state index >= 15 is 0 Å². The third-order valence-electron chi connectivity index (χ3n) is 3.12. The first-order valence-electron chi connectivity index (χ1n) is 5.10. The van der Waals surface area contributed by atoms with E-state index in [0.29, 0.717) is 12.0 Å². The minimum atomic E-state index is 0.611. The lowest BCUT2D eigenvalue weighted by atomic mass is 9.87. The Morgan fingerprint density at radius 3 is 2.31 bits per heavy atom. The molecule has 1 aliphatic carbocycles. The summed E-state index contributed by atoms with van der Waals surface area (Å²) in [6.45, 7) is 2.33. The summed E-state index contributed by atoms with van der Waals surface area (Å²) in [5, 5.41) is 0. The molecule has 0 amide bonds. The van der Waals surface area contributed by atoms with Crippen LogP contribution in [-0.4, -0.2) is 31.0 Å². The van der Waals surface area contributed by atoms with Crippen molar-refractivity contribution >= 4 is 5.96 Å². The molecule has 76 valence electrons. The van der Waals surface area contributed by atoms with Crippen molar-refractivity contribution in [3.8, 4) is 0 Å². The molecule has 0 radical (unpaired) electrons. The van der Waals surface area contributed by atoms with Crippen LogP contribution in [0.2, 0.25) is 0 Å². The van der Waals surface area contributed by atoms with Gasteiger partial charge in [-0.3, -0.25) is 4.99 Å². The van der Waals surface area contributed by atoms with Crippen LogP contribution in [-0.2, 0) is 0 Å². The van der Waals surface area contributed by atoms with E-state index in [1.165, 1.54) is 25.7 Å². The molecule has 1 fully saturated rings. The van der Waals surface area contributed by atoms with Crippen molar-refractivity contribution in [3.63, 3.8) is 0 Å². The Balaban J connectivity index is 2.44. The molecular weight excluding hydrogens is 162 g/mol. The molecule has 0 unspecified atom stereocenters. The van der Waals surface area contributed by atoms with Crippen molar-refractivity contribution in [2.24, 2.45) is 16.6 Å². The number of rotatable bonds is 1. The number of hydrogen-bond donors (Lipinski definition) is 1. The molecule has 2 N–H and O–H groups in total. The summed E-state index contributed by atoms with van der Waals surface area (Å²) >= 11 is 0. The molecule has 3 nitrogen and oxygen atoms in total. The molecule has 0 spiro atoms. The van der Waals surface area contributed by atoms with Gasteiger partial charge >= 0.3 is 0 Å². The molecule has 1 saturated carbocycles. The van der Waals surface area contributed by atoms with Crippen molar-refractivity contribution in [2.45, 2.75) is 38.6 Å². The Labute approximate surface area is 81.0 Å². The van der Waals surface area contributed by atoms with Gasteiger partial charge in [-0.15, -0.1) is 0 Å². The number of guanidine groups is 1. The highest BCUT2D eigenvalue weighted by atomic mass is 15.2. The van der Waals surface area contributed by atoms with Gasteiger partial charge in [0.1, 0.15) is 0 Å². The molecule has 0 aromatic rings. The van der Waals surface area contributed by atoms with E-state index in [2.05, 4.69) is 16.8 Å². The standard InChI is InChI=1S/C10H21N3/c1-8-4-6-9(7-5-8)13(3)10(11)12-2/h8-9H,4-7H2,1-3H3,(H2,11,12). The summed E-state index contributed by atoms with van der Waals surface area (Å²) in [5.41, 5.74) is 5.76. The van der Waals surface area contributed by atoms with Gasteiger partial charge < -0.3 is 10.6 Å². The zero-order chi connectivity index (χ0) is 9.84. The van der Waals surface area contributed by atoms with E-state index in [-0.39, 0.29) is 0 Å². The minimum Gasteiger partial charge on any atom is -0.370 e. The van der Waals surface area contributed by atoms with Gasteiger partial charge in [-0.05, 0) is 31.6 Å². The molecule has 0 aliphatic heterocycles. The average Bonchev–Trinajstić information content (AvgIpc) is 2.17. The fraction of sp³-hybridized carbons (Fsp3) is 0.900. The Morgan fingerprint density at radius 1 is 1.31 bits per heavy atom. The number of hydrogen-bond acceptors (Lipinski definition) is 1. The molecule has 0 aromatic carbocycles. The third kappa shape index (κ3) is 2.61. The van der Waals surface area contributed by atoms with E-state index < -0.39 is 0 Å². The highest BCUT2D eigenvalue weighted by molar-refractivity contribution is 5.77. The Bertz CT molecular complexity index is 181. The van der Waals surface area contributed by atoms with Gasteiger partial charge in [0.2, 0.25) is 0 Å². The van der Waals surface area contributed by atoms with Gasteiger partial charge in [0.05, 0.1) is 0 Å². The highest BCUT2D eigenvalue weighted by Gasteiger charge is 2.22. The molecule has 0 saturated heterocycles. The van der Waals surface area contributed by atoms with Crippen LogP contribution in [0.15, 0.2) is 4.99 Å². The summed E-state index contributed by atoms with van der Waals surface area (Å²) in [6, 6.07) is 0.611. The Kier molecular flexibility index (Phi) is 3.58. The maximum absolute atomic E-state index is 5.76. The second-order valence-electron chi connectivity index (χ2n) is 4.11. The summed E-state index contributed by atoms with van der Waals surface area (Å²) in [7, 11) is 3.79. The van der Waals surface area contributed by atoms with Crippen LogP contribution in [0, 0.1) is 5.92 Å². The van der Waals surface area contributed by atoms with Crippen LogP contribution < -0.4 is 5.73 Å². The fourth-order valence-corrected chi connectivity index (χ4v) is 1.97. The second kappa shape index (κ2) is 4.49. The maximum atomic E-state index is 5.76. The first-order valence-corrected chi connectivity index (χ1v) is 5.10. The predicted octanol–water partition coefficient (Wildman–Crippen LogP) is 1.44. The van der Waals surface area contributed by atoms with Crippen molar-refractivity contribution in [1.82, 2.24) is 4.90 Å². The predicted molar refractivity (Wildman–Crippen MR) is 56.7 cm³/mol. The van der Waals surface area contributed by atoms with Crippen molar-refractivity contribution < 1.29 is 0 Å². The third-order valence-corrected chi connectivity index (χ3v) is 3.12. The van der Waals surface area contributed by atoms with E-state index in [9.17, 15) is 0 Å². The van der Waals surface area contributed by atoms with Crippen LogP contribution in [0.5, 0.6) is 0 Å². The largest absolute Gasteiger partial charge is 0.370 e. The molecule has 1 aliphatic rings. The first-order chi connectivity index (χ1) is 6.15. The first kappa shape index (κ1) is 10.4. The second-order valence-corrected chi connectivity index (χ2v) is 4.11. The lowest BCUT2D eigenvalue weighted by Gasteiger charge is -2.34. The summed E-state index contributed by atoms with van der Waals surface area (Å²) in [6.07, 6.45) is 5.17. The van der Waals surface area contributed by atoms with Crippen LogP contribution in [0.1, 0.15) is 32.6 Å². The van der Waals surface area contributed by atoms with Gasteiger partial charge in [0, 0.05) is 20.1 Å². The van der Waals surface area contributed by atoms with Crippen molar-refractivity contribution in [3.05, 3.63) is 0 Å². The van der Waals surface area contributed by atoms with Crippen molar-refractivity contribution in [2.75, 3.05) is 14.1 Å². The maximum Gasteiger partial charge on any atom is 0.190 e. The van der Waals surface area contributed by atoms with E-state index in [0.717, 1.165) is 5.92 Å². The number of aliphatic imine (C=N–C) groups is 1. The molecule has 0 aromatic heterocycles. The van der Waals surface area contributed by atoms with Gasteiger partial charge in [-0.2, -0.15) is 0 Å². The monoisotopic (exact) mass is 183 g/mol. The zero-order valence-corrected chi connectivity index (χ0v) is 8.95. The Hall–Kier alpha value is -0.730. The smallest absolute Gasteiger partial charge is 0.190 e. The van der Waals surface area contributed by atoms with Crippen LogP contribution in [0.25, 0.3) is 0 Å². The lowest BCUT2D eigenvalue weighted by molar-refractivity contribution is 0.237. The van der Waals surface area contributed by atoms with Crippen molar-refractivity contribution in [1.29, 1.82) is 0 Å². The van der Waals surface area contributed by atoms with E-state index in [1.54, 1.807) is 7.05 Å². The van der Waals surface area contributed by atoms with Crippen LogP contribution in [0.4, 0.5) is 0 Å². The number of nitrogens with zero attached hydrogens (tertiary/aromatic N) is 2. The van der Waals surface area contributed by atoms with E-state index in [4.69, 9.17) is 5.73 Å². The summed E-state index contributed by atoms with van der Waals surface area (Å²) in [4.78, 5) is 6.12. The van der Waals surface area contributed by atoms with Crippen LogP contribution in [0.3, 0.4) is 0 Å². The molecule has 3 heteroatoms. The molecular formula is C10H21N3. The van der Waals surface area contributed by atoms with Gasteiger partial charge in [-0.1, -0.05) is 6.92 Å². The molecule has 1 rings (SSSR count). The van der Waals surface area contributed by atoms with Gasteiger partial charge in [0.25, 0.3) is 0 Å². The molecule has 13 heavy (non-hydrogen) atoms. The van der Waals surface area contributed by atoms with Gasteiger partial charge in [-0.25, -0.2) is 0 Å². The average molecular weight is 183 g/mol. The molecule has 0 atom stereocenters. The lowest BCUT2D eigenvalue weighted by Crippen LogP contribution is -2.43. The quantitative estimate of drug-likeness (QED) is 0.494. The van der Waals surface area contributed by atoms with Crippen LogP contribution >= 0.6 is 0 Å². The van der Waals surface area contributed by atoms with Gasteiger partial charge in [0.15, 0.2) is 5.96 Å². The van der Waals surface area contributed by atoms with E-state index in [1.807, 2.05) is 7.05 Å². The topological polar surface area (TPSA) is 41.6 Å². The number of nitrogens with two attached hydrogens (primary N) is 1.